The third kappa shape index (κ3) is 3.51. The molecule has 0 saturated carbocycles. The van der Waals surface area contributed by atoms with Crippen molar-refractivity contribution in [2.45, 2.75) is 26.7 Å². The van der Waals surface area contributed by atoms with E-state index in [0.717, 1.165) is 41.3 Å². The number of aromatic nitrogens is 6. The molecule has 0 unspecified atom stereocenters. The molecule has 0 radical (unpaired) electrons. The molecule has 3 heterocycles. The van der Waals surface area contributed by atoms with E-state index in [1.165, 1.54) is 0 Å². The Bertz CT molecular complexity index is 1100. The predicted molar refractivity (Wildman–Crippen MR) is 107 cm³/mol. The van der Waals surface area contributed by atoms with Gasteiger partial charge in [0, 0.05) is 30.2 Å². The van der Waals surface area contributed by atoms with Gasteiger partial charge in [-0.3, -0.25) is 0 Å². The molecule has 0 aliphatic rings. The lowest BCUT2D eigenvalue weighted by Gasteiger charge is -2.02. The lowest BCUT2D eigenvalue weighted by atomic mass is 10.2. The molecule has 3 aromatic heterocycles. The van der Waals surface area contributed by atoms with Gasteiger partial charge in [-0.1, -0.05) is 43.7 Å². The Labute approximate surface area is 158 Å². The van der Waals surface area contributed by atoms with Crippen LogP contribution >= 0.6 is 0 Å². The van der Waals surface area contributed by atoms with E-state index in [1.807, 2.05) is 59.6 Å². The molecule has 0 spiro atoms. The molecule has 0 aliphatic carbocycles. The second-order valence-corrected chi connectivity index (χ2v) is 6.62. The number of rotatable bonds is 5. The number of fused-ring (bicyclic) bond motifs is 1. The zero-order valence-corrected chi connectivity index (χ0v) is 15.8. The fourth-order valence-corrected chi connectivity index (χ4v) is 3.11. The molecule has 27 heavy (non-hydrogen) atoms. The van der Waals surface area contributed by atoms with Crippen molar-refractivity contribution in [2.75, 3.05) is 0 Å². The number of nitrogens with zero attached hydrogens (tertiary/aromatic N) is 6. The van der Waals surface area contributed by atoms with Gasteiger partial charge in [0.25, 0.3) is 5.78 Å². The van der Waals surface area contributed by atoms with Gasteiger partial charge in [0.2, 0.25) is 0 Å². The number of hydrogen-bond donors (Lipinski definition) is 0. The highest BCUT2D eigenvalue weighted by molar-refractivity contribution is 5.67. The van der Waals surface area contributed by atoms with Crippen LogP contribution in [0.1, 0.15) is 36.4 Å². The quantitative estimate of drug-likeness (QED) is 0.542. The molecule has 0 atom stereocenters. The van der Waals surface area contributed by atoms with E-state index in [9.17, 15) is 0 Å². The lowest BCUT2D eigenvalue weighted by molar-refractivity contribution is 0.789. The summed E-state index contributed by atoms with van der Waals surface area (Å²) in [6.45, 7) is 4.15. The van der Waals surface area contributed by atoms with Gasteiger partial charge in [0.05, 0.1) is 5.69 Å². The van der Waals surface area contributed by atoms with Crippen molar-refractivity contribution in [3.05, 3.63) is 65.6 Å². The van der Waals surface area contributed by atoms with Crippen LogP contribution in [0.4, 0.5) is 0 Å². The van der Waals surface area contributed by atoms with Gasteiger partial charge in [-0.05, 0) is 31.6 Å². The van der Waals surface area contributed by atoms with Crippen LogP contribution in [-0.2, 0) is 13.5 Å². The van der Waals surface area contributed by atoms with Gasteiger partial charge in [-0.15, -0.1) is 5.10 Å². The number of aryl methyl sites for hydroxylation is 3. The largest absolute Gasteiger partial charge is 0.334 e. The monoisotopic (exact) mass is 358 g/mol. The summed E-state index contributed by atoms with van der Waals surface area (Å²) in [7, 11) is 1.99. The molecule has 4 aromatic rings. The maximum atomic E-state index is 4.71. The molecule has 0 saturated heterocycles. The molecule has 136 valence electrons. The minimum absolute atomic E-state index is 0.634. The van der Waals surface area contributed by atoms with Gasteiger partial charge in [-0.25, -0.2) is 14.5 Å². The summed E-state index contributed by atoms with van der Waals surface area (Å²) < 4.78 is 3.84. The van der Waals surface area contributed by atoms with Gasteiger partial charge in [-0.2, -0.15) is 4.98 Å². The molecule has 0 N–H and O–H groups in total. The van der Waals surface area contributed by atoms with E-state index in [-0.39, 0.29) is 0 Å². The van der Waals surface area contributed by atoms with Crippen molar-refractivity contribution >= 4 is 17.9 Å². The van der Waals surface area contributed by atoms with Crippen molar-refractivity contribution in [3.63, 3.8) is 0 Å². The van der Waals surface area contributed by atoms with Gasteiger partial charge >= 0.3 is 0 Å². The zero-order valence-electron chi connectivity index (χ0n) is 15.8. The molecule has 0 fully saturated rings. The standard InChI is InChI=1S/C21H22N6/c1-4-8-17-13-15(2)22-21-24-19(25-27(17)21)11-12-20-23-18(14-26(20)3)16-9-6-5-7-10-16/h5-7,9-14H,4,8H2,1-3H3. The van der Waals surface area contributed by atoms with E-state index < -0.39 is 0 Å². The van der Waals surface area contributed by atoms with Crippen molar-refractivity contribution in [2.24, 2.45) is 7.05 Å². The molecule has 6 nitrogen and oxygen atoms in total. The molecular weight excluding hydrogens is 336 g/mol. The first-order valence-electron chi connectivity index (χ1n) is 9.14. The highest BCUT2D eigenvalue weighted by Crippen LogP contribution is 2.18. The number of benzene rings is 1. The van der Waals surface area contributed by atoms with Crippen LogP contribution in [0.3, 0.4) is 0 Å². The summed E-state index contributed by atoms with van der Waals surface area (Å²) in [5, 5.41) is 4.60. The molecule has 4 rings (SSSR count). The third-order valence-corrected chi connectivity index (χ3v) is 4.40. The van der Waals surface area contributed by atoms with E-state index in [1.54, 1.807) is 0 Å². The second-order valence-electron chi connectivity index (χ2n) is 6.62. The third-order valence-electron chi connectivity index (χ3n) is 4.40. The van der Waals surface area contributed by atoms with Crippen molar-refractivity contribution in [3.8, 4) is 11.3 Å². The molecule has 6 heteroatoms. The van der Waals surface area contributed by atoms with Gasteiger partial charge < -0.3 is 4.57 Å². The molecule has 0 bridgehead atoms. The average Bonchev–Trinajstić information content (AvgIpc) is 3.24. The second kappa shape index (κ2) is 7.15. The van der Waals surface area contributed by atoms with Crippen molar-refractivity contribution in [1.29, 1.82) is 0 Å². The smallest absolute Gasteiger partial charge is 0.253 e. The number of hydrogen-bond acceptors (Lipinski definition) is 4. The van der Waals surface area contributed by atoms with Crippen LogP contribution in [0.15, 0.2) is 42.6 Å². The topological polar surface area (TPSA) is 60.9 Å². The number of imidazole rings is 1. The Kier molecular flexibility index (Phi) is 4.54. The zero-order chi connectivity index (χ0) is 18.8. The summed E-state index contributed by atoms with van der Waals surface area (Å²) >= 11 is 0. The van der Waals surface area contributed by atoms with Gasteiger partial charge in [0.1, 0.15) is 5.82 Å². The van der Waals surface area contributed by atoms with E-state index >= 15 is 0 Å². The predicted octanol–water partition coefficient (Wildman–Crippen LogP) is 3.96. The molecule has 0 aliphatic heterocycles. The Morgan fingerprint density at radius 2 is 1.85 bits per heavy atom. The molecule has 1 aromatic carbocycles. The fraction of sp³-hybridized carbons (Fsp3) is 0.238. The van der Waals surface area contributed by atoms with Crippen LogP contribution in [0.5, 0.6) is 0 Å². The van der Waals surface area contributed by atoms with Crippen LogP contribution in [0.25, 0.3) is 29.2 Å². The van der Waals surface area contributed by atoms with Crippen LogP contribution in [0.2, 0.25) is 0 Å². The molecular formula is C21H22N6. The summed E-state index contributed by atoms with van der Waals surface area (Å²) in [6.07, 6.45) is 7.85. The van der Waals surface area contributed by atoms with E-state index in [2.05, 4.69) is 40.2 Å². The summed E-state index contributed by atoms with van der Waals surface area (Å²) in [5.41, 5.74) is 4.15. The SMILES string of the molecule is CCCc1cc(C)nc2nc(C=Cc3nc(-c4ccccc4)cn3C)nn12. The highest BCUT2D eigenvalue weighted by Gasteiger charge is 2.09. The Balaban J connectivity index is 1.65. The highest BCUT2D eigenvalue weighted by atomic mass is 15.3. The minimum atomic E-state index is 0.634. The maximum absolute atomic E-state index is 4.71. The normalized spacial score (nSPS) is 11.7. The summed E-state index contributed by atoms with van der Waals surface area (Å²) in [4.78, 5) is 13.7. The Morgan fingerprint density at radius 1 is 1.04 bits per heavy atom. The van der Waals surface area contributed by atoms with Crippen LogP contribution in [-0.4, -0.2) is 29.1 Å². The van der Waals surface area contributed by atoms with Gasteiger partial charge in [0.15, 0.2) is 5.82 Å². The van der Waals surface area contributed by atoms with Crippen LogP contribution in [0, 0.1) is 6.92 Å². The fourth-order valence-electron chi connectivity index (χ4n) is 3.11. The van der Waals surface area contributed by atoms with E-state index in [4.69, 9.17) is 4.98 Å². The Morgan fingerprint density at radius 3 is 2.63 bits per heavy atom. The first kappa shape index (κ1) is 17.1. The minimum Gasteiger partial charge on any atom is -0.334 e. The van der Waals surface area contributed by atoms with Crippen molar-refractivity contribution in [1.82, 2.24) is 29.1 Å². The average molecular weight is 358 g/mol. The molecule has 0 amide bonds. The Hall–Kier alpha value is -3.28. The van der Waals surface area contributed by atoms with Crippen LogP contribution < -0.4 is 0 Å². The first-order chi connectivity index (χ1) is 13.1. The lowest BCUT2D eigenvalue weighted by Crippen LogP contribution is -2.01. The summed E-state index contributed by atoms with van der Waals surface area (Å²) in [5.74, 6) is 2.13. The van der Waals surface area contributed by atoms with E-state index in [0.29, 0.717) is 11.6 Å². The first-order valence-corrected chi connectivity index (χ1v) is 9.14. The van der Waals surface area contributed by atoms with Crippen molar-refractivity contribution < 1.29 is 0 Å². The maximum Gasteiger partial charge on any atom is 0.253 e. The summed E-state index contributed by atoms with van der Waals surface area (Å²) in [6, 6.07) is 12.2.